The number of ether oxygens (including phenoxy) is 1. The highest BCUT2D eigenvalue weighted by atomic mass is 16.5. The highest BCUT2D eigenvalue weighted by Gasteiger charge is 2.48. The lowest BCUT2D eigenvalue weighted by Gasteiger charge is -2.35. The summed E-state index contributed by atoms with van der Waals surface area (Å²) in [5.74, 6) is -0.139. The molecule has 2 atom stereocenters. The Hall–Kier alpha value is -0.610. The molecule has 1 heterocycles. The van der Waals surface area contributed by atoms with Gasteiger partial charge in [-0.3, -0.25) is 4.79 Å². The predicted octanol–water partition coefficient (Wildman–Crippen LogP) is 3.09. The highest BCUT2D eigenvalue weighted by molar-refractivity contribution is 5.75. The van der Waals surface area contributed by atoms with E-state index in [1.165, 1.54) is 32.1 Å². The third-order valence-electron chi connectivity index (χ3n) is 5.94. The molecule has 0 aromatic carbocycles. The Bertz CT molecular complexity index is 387. The summed E-state index contributed by atoms with van der Waals surface area (Å²) in [6, 6.07) is 0. The van der Waals surface area contributed by atoms with Crippen molar-refractivity contribution < 1.29 is 14.6 Å². The van der Waals surface area contributed by atoms with Crippen LogP contribution in [0.25, 0.3) is 0 Å². The molecular weight excluding hydrogens is 266 g/mol. The second-order valence-electron chi connectivity index (χ2n) is 7.66. The predicted molar refractivity (Wildman–Crippen MR) is 81.0 cm³/mol. The van der Waals surface area contributed by atoms with Crippen LogP contribution >= 0.6 is 0 Å². The minimum Gasteiger partial charge on any atom is -0.481 e. The van der Waals surface area contributed by atoms with Crippen molar-refractivity contribution in [2.24, 2.45) is 17.1 Å². The molecule has 1 spiro atoms. The summed E-state index contributed by atoms with van der Waals surface area (Å²) in [7, 11) is 0. The van der Waals surface area contributed by atoms with Gasteiger partial charge in [-0.15, -0.1) is 0 Å². The summed E-state index contributed by atoms with van der Waals surface area (Å²) in [6.07, 6.45) is 12.1. The molecule has 1 saturated heterocycles. The van der Waals surface area contributed by atoms with Gasteiger partial charge in [0.15, 0.2) is 0 Å². The first-order valence-corrected chi connectivity index (χ1v) is 8.69. The number of hydrogen-bond donors (Lipinski definition) is 2. The fourth-order valence-corrected chi connectivity index (χ4v) is 4.43. The maximum absolute atomic E-state index is 11.8. The Morgan fingerprint density at radius 2 is 1.86 bits per heavy atom. The second-order valence-corrected chi connectivity index (χ2v) is 7.66. The molecule has 2 aliphatic carbocycles. The molecule has 4 nitrogen and oxygen atoms in total. The first kappa shape index (κ1) is 15.3. The van der Waals surface area contributed by atoms with Crippen molar-refractivity contribution in [2.45, 2.75) is 82.3 Å². The van der Waals surface area contributed by atoms with Gasteiger partial charge < -0.3 is 15.6 Å². The van der Waals surface area contributed by atoms with Crippen LogP contribution < -0.4 is 5.73 Å². The summed E-state index contributed by atoms with van der Waals surface area (Å²) in [5.41, 5.74) is 5.21. The van der Waals surface area contributed by atoms with Crippen molar-refractivity contribution in [3.63, 3.8) is 0 Å². The molecule has 3 fully saturated rings. The number of hydrogen-bond acceptors (Lipinski definition) is 3. The van der Waals surface area contributed by atoms with E-state index in [4.69, 9.17) is 10.5 Å². The number of rotatable bonds is 6. The Balaban J connectivity index is 1.64. The average Bonchev–Trinajstić information content (AvgIpc) is 3.21. The van der Waals surface area contributed by atoms with E-state index in [2.05, 4.69) is 0 Å². The van der Waals surface area contributed by atoms with E-state index in [-0.39, 0.29) is 18.2 Å². The normalized spacial score (nSPS) is 31.2. The average molecular weight is 295 g/mol. The van der Waals surface area contributed by atoms with E-state index >= 15 is 0 Å². The van der Waals surface area contributed by atoms with E-state index < -0.39 is 11.4 Å². The van der Waals surface area contributed by atoms with Gasteiger partial charge in [0.2, 0.25) is 0 Å². The minimum atomic E-state index is -0.758. The zero-order valence-corrected chi connectivity index (χ0v) is 13.0. The molecule has 21 heavy (non-hydrogen) atoms. The fourth-order valence-electron chi connectivity index (χ4n) is 4.43. The summed E-state index contributed by atoms with van der Waals surface area (Å²) in [6.45, 7) is 0.242. The topological polar surface area (TPSA) is 72.5 Å². The standard InChI is InChI=1S/C17H29NO3/c18-12-16(15(19)20,10-13-4-5-13)11-14-6-9-17(21-14)7-2-1-3-8-17/h13-14H,1-12,18H2,(H,19,20). The largest absolute Gasteiger partial charge is 0.481 e. The quantitative estimate of drug-likeness (QED) is 0.790. The van der Waals surface area contributed by atoms with Crippen LogP contribution in [-0.2, 0) is 9.53 Å². The molecule has 2 saturated carbocycles. The zero-order valence-electron chi connectivity index (χ0n) is 13.0. The second kappa shape index (κ2) is 5.88. The summed E-state index contributed by atoms with van der Waals surface area (Å²) in [5, 5.41) is 9.73. The maximum Gasteiger partial charge on any atom is 0.311 e. The summed E-state index contributed by atoms with van der Waals surface area (Å²) < 4.78 is 6.38. The summed E-state index contributed by atoms with van der Waals surface area (Å²) in [4.78, 5) is 11.8. The van der Waals surface area contributed by atoms with Crippen LogP contribution in [0.2, 0.25) is 0 Å². The molecule has 3 N–H and O–H groups in total. The van der Waals surface area contributed by atoms with Crippen LogP contribution in [0.15, 0.2) is 0 Å². The molecule has 4 heteroatoms. The molecular formula is C17H29NO3. The zero-order chi connectivity index (χ0) is 14.9. The van der Waals surface area contributed by atoms with Crippen molar-refractivity contribution in [1.29, 1.82) is 0 Å². The highest BCUT2D eigenvalue weighted by Crippen LogP contribution is 2.47. The summed E-state index contributed by atoms with van der Waals surface area (Å²) >= 11 is 0. The maximum atomic E-state index is 11.8. The van der Waals surface area contributed by atoms with Gasteiger partial charge in [-0.05, 0) is 44.4 Å². The lowest BCUT2D eigenvalue weighted by atomic mass is 9.77. The van der Waals surface area contributed by atoms with Crippen LogP contribution in [0.5, 0.6) is 0 Å². The van der Waals surface area contributed by atoms with Crippen LogP contribution in [0, 0.1) is 11.3 Å². The van der Waals surface area contributed by atoms with Crippen LogP contribution in [0.1, 0.15) is 70.6 Å². The molecule has 0 radical (unpaired) electrons. The lowest BCUT2D eigenvalue weighted by molar-refractivity contribution is -0.153. The first-order chi connectivity index (χ1) is 10.1. The van der Waals surface area contributed by atoms with Crippen LogP contribution in [0.3, 0.4) is 0 Å². The molecule has 0 amide bonds. The van der Waals surface area contributed by atoms with Crippen LogP contribution in [0.4, 0.5) is 0 Å². The van der Waals surface area contributed by atoms with E-state index in [1.807, 2.05) is 0 Å². The Morgan fingerprint density at radius 3 is 2.43 bits per heavy atom. The SMILES string of the molecule is NCC(CC1CC1)(CC1CCC2(CCCCC2)O1)C(=O)O. The van der Waals surface area contributed by atoms with E-state index in [0.717, 1.165) is 32.1 Å². The minimum absolute atomic E-state index is 0.0708. The van der Waals surface area contributed by atoms with Crippen molar-refractivity contribution >= 4 is 5.97 Å². The Morgan fingerprint density at radius 1 is 1.14 bits per heavy atom. The molecule has 2 unspecified atom stereocenters. The first-order valence-electron chi connectivity index (χ1n) is 8.69. The Labute approximate surface area is 127 Å². The fraction of sp³-hybridized carbons (Fsp3) is 0.941. The number of carbonyl (C=O) groups is 1. The third-order valence-corrected chi connectivity index (χ3v) is 5.94. The van der Waals surface area contributed by atoms with Gasteiger partial charge in [0.05, 0.1) is 17.1 Å². The molecule has 1 aliphatic heterocycles. The van der Waals surface area contributed by atoms with Gasteiger partial charge in [0.1, 0.15) is 0 Å². The monoisotopic (exact) mass is 295 g/mol. The van der Waals surface area contributed by atoms with E-state index in [1.54, 1.807) is 0 Å². The van der Waals surface area contributed by atoms with Crippen molar-refractivity contribution in [1.82, 2.24) is 0 Å². The van der Waals surface area contributed by atoms with E-state index in [0.29, 0.717) is 12.3 Å². The molecule has 0 aromatic heterocycles. The van der Waals surface area contributed by atoms with Gasteiger partial charge in [0, 0.05) is 6.54 Å². The Kier molecular flexibility index (Phi) is 4.28. The van der Waals surface area contributed by atoms with Crippen molar-refractivity contribution in [3.8, 4) is 0 Å². The van der Waals surface area contributed by atoms with Crippen molar-refractivity contribution in [3.05, 3.63) is 0 Å². The molecule has 3 aliphatic rings. The van der Waals surface area contributed by atoms with Gasteiger partial charge in [0.25, 0.3) is 0 Å². The van der Waals surface area contributed by atoms with E-state index in [9.17, 15) is 9.90 Å². The number of nitrogens with two attached hydrogens (primary N) is 1. The van der Waals surface area contributed by atoms with Crippen LogP contribution in [-0.4, -0.2) is 29.3 Å². The van der Waals surface area contributed by atoms with Gasteiger partial charge >= 0.3 is 5.97 Å². The van der Waals surface area contributed by atoms with Crippen molar-refractivity contribution in [2.75, 3.05) is 6.54 Å². The molecule has 0 aromatic rings. The van der Waals surface area contributed by atoms with Gasteiger partial charge in [-0.2, -0.15) is 0 Å². The molecule has 0 bridgehead atoms. The number of carboxylic acids is 1. The molecule has 3 rings (SSSR count). The lowest BCUT2D eigenvalue weighted by Crippen LogP contribution is -2.42. The third kappa shape index (κ3) is 3.26. The number of aliphatic carboxylic acids is 1. The smallest absolute Gasteiger partial charge is 0.311 e. The number of carboxylic acid groups (broad SMARTS) is 1. The molecule has 120 valence electrons. The van der Waals surface area contributed by atoms with Gasteiger partial charge in [-0.25, -0.2) is 0 Å². The van der Waals surface area contributed by atoms with Gasteiger partial charge in [-0.1, -0.05) is 32.1 Å².